The Morgan fingerprint density at radius 1 is 1.17 bits per heavy atom. The summed E-state index contributed by atoms with van der Waals surface area (Å²) in [5.74, 6) is 1.39. The van der Waals surface area contributed by atoms with Crippen LogP contribution in [0.2, 0.25) is 0 Å². The fourth-order valence-corrected chi connectivity index (χ4v) is 3.93. The van der Waals surface area contributed by atoms with Crippen LogP contribution in [0.15, 0.2) is 35.9 Å². The van der Waals surface area contributed by atoms with Crippen LogP contribution in [0.3, 0.4) is 0 Å². The van der Waals surface area contributed by atoms with Gasteiger partial charge in [-0.15, -0.1) is 0 Å². The maximum Gasteiger partial charge on any atom is 0.188 e. The van der Waals surface area contributed by atoms with Crippen LogP contribution >= 0.6 is 0 Å². The van der Waals surface area contributed by atoms with Crippen LogP contribution in [0.4, 0.5) is 0 Å². The van der Waals surface area contributed by atoms with E-state index in [1.54, 1.807) is 12.7 Å². The van der Waals surface area contributed by atoms with E-state index >= 15 is 0 Å². The minimum absolute atomic E-state index is 0.224. The van der Waals surface area contributed by atoms with Crippen molar-refractivity contribution in [3.8, 4) is 17.0 Å². The molecule has 4 heteroatoms. The molecule has 0 saturated carbocycles. The Kier molecular flexibility index (Phi) is 4.07. The first-order valence-electron chi connectivity index (χ1n) is 8.58. The van der Waals surface area contributed by atoms with Crippen molar-refractivity contribution in [1.29, 1.82) is 0 Å². The van der Waals surface area contributed by atoms with E-state index in [4.69, 9.17) is 9.47 Å². The highest BCUT2D eigenvalue weighted by Crippen LogP contribution is 2.44. The van der Waals surface area contributed by atoms with Gasteiger partial charge in [0, 0.05) is 24.7 Å². The van der Waals surface area contributed by atoms with Gasteiger partial charge in [0.15, 0.2) is 6.79 Å². The summed E-state index contributed by atoms with van der Waals surface area (Å²) in [5, 5.41) is 9.01. The number of para-hydroxylation sites is 1. The number of aromatic nitrogens is 2. The van der Waals surface area contributed by atoms with Crippen LogP contribution in [-0.4, -0.2) is 24.1 Å². The van der Waals surface area contributed by atoms with E-state index in [0.29, 0.717) is 5.92 Å². The number of methoxy groups -OCH3 is 1. The summed E-state index contributed by atoms with van der Waals surface area (Å²) in [4.78, 5) is 0. The molecule has 2 aromatic rings. The highest BCUT2D eigenvalue weighted by Gasteiger charge is 2.30. The predicted molar refractivity (Wildman–Crippen MR) is 93.6 cm³/mol. The molecule has 2 aliphatic carbocycles. The highest BCUT2D eigenvalue weighted by atomic mass is 16.7. The lowest BCUT2D eigenvalue weighted by Crippen LogP contribution is -2.05. The molecular weight excluding hydrogens is 300 g/mol. The van der Waals surface area contributed by atoms with Gasteiger partial charge in [-0.2, -0.15) is 10.2 Å². The summed E-state index contributed by atoms with van der Waals surface area (Å²) < 4.78 is 10.7. The maximum atomic E-state index is 5.69. The van der Waals surface area contributed by atoms with Gasteiger partial charge >= 0.3 is 0 Å². The van der Waals surface area contributed by atoms with Gasteiger partial charge in [0.1, 0.15) is 5.75 Å². The lowest BCUT2D eigenvalue weighted by molar-refractivity contribution is 0.0515. The number of hydrogen-bond donors (Lipinski definition) is 0. The molecule has 0 spiro atoms. The van der Waals surface area contributed by atoms with Crippen molar-refractivity contribution >= 4 is 5.57 Å². The molecular formula is C20H22N2O2. The molecule has 24 heavy (non-hydrogen) atoms. The predicted octanol–water partition coefficient (Wildman–Crippen LogP) is 4.26. The fraction of sp³-hybridized carbons (Fsp3) is 0.400. The topological polar surface area (TPSA) is 44.2 Å². The van der Waals surface area contributed by atoms with Crippen molar-refractivity contribution in [2.75, 3.05) is 13.9 Å². The number of hydrogen-bond acceptors (Lipinski definition) is 4. The van der Waals surface area contributed by atoms with Crippen molar-refractivity contribution in [3.05, 3.63) is 47.2 Å². The molecule has 0 radical (unpaired) electrons. The SMILES string of the molecule is COCOc1ccccc1-c1cc2c(nn1)CC1=C2C(C)CCC1. The zero-order valence-corrected chi connectivity index (χ0v) is 14.2. The van der Waals surface area contributed by atoms with E-state index < -0.39 is 0 Å². The Hall–Kier alpha value is -2.20. The first-order chi connectivity index (χ1) is 11.8. The van der Waals surface area contributed by atoms with E-state index in [-0.39, 0.29) is 6.79 Å². The van der Waals surface area contributed by atoms with Crippen molar-refractivity contribution in [2.45, 2.75) is 32.6 Å². The van der Waals surface area contributed by atoms with Crippen LogP contribution < -0.4 is 4.74 Å². The molecule has 1 heterocycles. The standard InChI is InChI=1S/C20H22N2O2/c1-13-6-5-7-14-10-17-16(20(13)14)11-18(22-21-17)15-8-3-4-9-19(15)24-12-23-2/h3-4,8-9,11,13H,5-7,10,12H2,1-2H3. The van der Waals surface area contributed by atoms with E-state index in [0.717, 1.165) is 29.1 Å². The van der Waals surface area contributed by atoms with Gasteiger partial charge in [0.25, 0.3) is 0 Å². The van der Waals surface area contributed by atoms with Crippen LogP contribution in [0.5, 0.6) is 5.75 Å². The molecule has 0 aliphatic heterocycles. The van der Waals surface area contributed by atoms with Crippen molar-refractivity contribution < 1.29 is 9.47 Å². The van der Waals surface area contributed by atoms with Crippen molar-refractivity contribution in [3.63, 3.8) is 0 Å². The van der Waals surface area contributed by atoms with Crippen molar-refractivity contribution in [1.82, 2.24) is 10.2 Å². The number of fused-ring (bicyclic) bond motifs is 2. The minimum Gasteiger partial charge on any atom is -0.467 e. The Bertz CT molecular complexity index is 798. The van der Waals surface area contributed by atoms with Gasteiger partial charge in [-0.3, -0.25) is 0 Å². The number of nitrogens with zero attached hydrogens (tertiary/aromatic N) is 2. The molecule has 0 saturated heterocycles. The third-order valence-electron chi connectivity index (χ3n) is 5.03. The van der Waals surface area contributed by atoms with E-state index in [9.17, 15) is 0 Å². The minimum atomic E-state index is 0.224. The molecule has 0 bridgehead atoms. The highest BCUT2D eigenvalue weighted by molar-refractivity contribution is 5.80. The Balaban J connectivity index is 1.75. The van der Waals surface area contributed by atoms with Gasteiger partial charge in [0.05, 0.1) is 11.4 Å². The summed E-state index contributed by atoms with van der Waals surface area (Å²) in [5.41, 5.74) is 7.34. The molecule has 4 nitrogen and oxygen atoms in total. The van der Waals surface area contributed by atoms with Crippen LogP contribution in [0, 0.1) is 5.92 Å². The molecule has 2 aliphatic rings. The summed E-state index contributed by atoms with van der Waals surface area (Å²) in [6.07, 6.45) is 4.74. The first kappa shape index (κ1) is 15.3. The van der Waals surface area contributed by atoms with Gasteiger partial charge in [-0.25, -0.2) is 0 Å². The summed E-state index contributed by atoms with van der Waals surface area (Å²) in [6, 6.07) is 10.1. The molecule has 0 amide bonds. The fourth-order valence-electron chi connectivity index (χ4n) is 3.93. The second-order valence-corrected chi connectivity index (χ2v) is 6.62. The molecule has 124 valence electrons. The number of ether oxygens (including phenoxy) is 2. The Morgan fingerprint density at radius 3 is 2.92 bits per heavy atom. The maximum absolute atomic E-state index is 5.69. The molecule has 1 aromatic carbocycles. The average molecular weight is 322 g/mol. The summed E-state index contributed by atoms with van der Waals surface area (Å²) in [7, 11) is 1.62. The second-order valence-electron chi connectivity index (χ2n) is 6.62. The summed E-state index contributed by atoms with van der Waals surface area (Å²) >= 11 is 0. The Labute approximate surface area is 142 Å². The molecule has 1 aromatic heterocycles. The smallest absolute Gasteiger partial charge is 0.188 e. The third kappa shape index (κ3) is 2.61. The number of allylic oxidation sites excluding steroid dienone is 2. The lowest BCUT2D eigenvalue weighted by atomic mass is 9.83. The van der Waals surface area contributed by atoms with Crippen LogP contribution in [-0.2, 0) is 11.2 Å². The van der Waals surface area contributed by atoms with Gasteiger partial charge < -0.3 is 9.47 Å². The number of rotatable bonds is 4. The zero-order chi connectivity index (χ0) is 16.5. The Morgan fingerprint density at radius 2 is 2.04 bits per heavy atom. The third-order valence-corrected chi connectivity index (χ3v) is 5.03. The molecule has 0 N–H and O–H groups in total. The first-order valence-corrected chi connectivity index (χ1v) is 8.58. The van der Waals surface area contributed by atoms with Gasteiger partial charge in [-0.05, 0) is 49.0 Å². The van der Waals surface area contributed by atoms with E-state index in [1.807, 2.05) is 24.3 Å². The van der Waals surface area contributed by atoms with Crippen LogP contribution in [0.1, 0.15) is 37.4 Å². The van der Waals surface area contributed by atoms with Crippen molar-refractivity contribution in [2.24, 2.45) is 5.92 Å². The van der Waals surface area contributed by atoms with Crippen LogP contribution in [0.25, 0.3) is 16.8 Å². The molecule has 0 fully saturated rings. The van der Waals surface area contributed by atoms with E-state index in [2.05, 4.69) is 23.2 Å². The van der Waals surface area contributed by atoms with E-state index in [1.165, 1.54) is 30.4 Å². The zero-order valence-electron chi connectivity index (χ0n) is 14.2. The summed E-state index contributed by atoms with van der Waals surface area (Å²) in [6.45, 7) is 2.56. The monoisotopic (exact) mass is 322 g/mol. The second kappa shape index (κ2) is 6.36. The molecule has 1 unspecified atom stereocenters. The number of benzene rings is 1. The quantitative estimate of drug-likeness (QED) is 0.789. The molecule has 1 atom stereocenters. The van der Waals surface area contributed by atoms with Gasteiger partial charge in [0.2, 0.25) is 0 Å². The largest absolute Gasteiger partial charge is 0.467 e. The normalized spacial score (nSPS) is 19.2. The lowest BCUT2D eigenvalue weighted by Gasteiger charge is -2.21. The average Bonchev–Trinajstić information content (AvgIpc) is 2.99. The van der Waals surface area contributed by atoms with Gasteiger partial charge in [-0.1, -0.05) is 24.6 Å². The molecule has 4 rings (SSSR count).